The van der Waals surface area contributed by atoms with Crippen molar-refractivity contribution in [2.75, 3.05) is 0 Å². The predicted octanol–water partition coefficient (Wildman–Crippen LogP) is 4.41. The van der Waals surface area contributed by atoms with Crippen molar-refractivity contribution in [2.24, 2.45) is 0 Å². The van der Waals surface area contributed by atoms with Gasteiger partial charge >= 0.3 is 0 Å². The Morgan fingerprint density at radius 3 is 2.53 bits per heavy atom. The molecule has 0 saturated carbocycles. The van der Waals surface area contributed by atoms with Crippen molar-refractivity contribution < 1.29 is 0 Å². The van der Waals surface area contributed by atoms with Gasteiger partial charge in [-0.15, -0.1) is 11.3 Å². The first kappa shape index (κ1) is 12.6. The van der Waals surface area contributed by atoms with Crippen LogP contribution >= 0.6 is 11.3 Å². The van der Waals surface area contributed by atoms with Crippen molar-refractivity contribution in [3.8, 4) is 0 Å². The Labute approximate surface area is 108 Å². The van der Waals surface area contributed by atoms with E-state index in [-0.39, 0.29) is 5.54 Å². The van der Waals surface area contributed by atoms with E-state index in [0.717, 1.165) is 6.54 Å². The summed E-state index contributed by atoms with van der Waals surface area (Å²) in [4.78, 5) is 1.46. The molecule has 0 saturated heterocycles. The molecule has 1 nitrogen and oxygen atoms in total. The van der Waals surface area contributed by atoms with Gasteiger partial charge in [-0.2, -0.15) is 0 Å². The third-order valence-electron chi connectivity index (χ3n) is 2.97. The first-order chi connectivity index (χ1) is 7.87. The van der Waals surface area contributed by atoms with E-state index in [9.17, 15) is 0 Å². The second-order valence-corrected chi connectivity index (χ2v) is 6.89. The van der Waals surface area contributed by atoms with Gasteiger partial charge in [-0.1, -0.05) is 17.7 Å². The van der Waals surface area contributed by atoms with Gasteiger partial charge in [0.25, 0.3) is 0 Å². The van der Waals surface area contributed by atoms with E-state index in [2.05, 4.69) is 58.1 Å². The molecule has 2 heteroatoms. The molecule has 2 rings (SSSR count). The van der Waals surface area contributed by atoms with E-state index in [4.69, 9.17) is 0 Å². The van der Waals surface area contributed by atoms with Crippen molar-refractivity contribution in [1.29, 1.82) is 0 Å². The summed E-state index contributed by atoms with van der Waals surface area (Å²) in [5.74, 6) is 0. The van der Waals surface area contributed by atoms with E-state index >= 15 is 0 Å². The first-order valence-electron chi connectivity index (χ1n) is 6.10. The number of nitrogens with one attached hydrogen (secondary N) is 1. The molecule has 0 fully saturated rings. The highest BCUT2D eigenvalue weighted by Gasteiger charge is 2.12. The predicted molar refractivity (Wildman–Crippen MR) is 77.9 cm³/mol. The van der Waals surface area contributed by atoms with Gasteiger partial charge in [0.05, 0.1) is 0 Å². The monoisotopic (exact) mass is 247 g/mol. The third-order valence-corrected chi connectivity index (χ3v) is 4.24. The zero-order chi connectivity index (χ0) is 12.6. The van der Waals surface area contributed by atoms with Gasteiger partial charge in [0.2, 0.25) is 0 Å². The highest BCUT2D eigenvalue weighted by atomic mass is 32.1. The highest BCUT2D eigenvalue weighted by molar-refractivity contribution is 7.19. The Morgan fingerprint density at radius 1 is 1.18 bits per heavy atom. The summed E-state index contributed by atoms with van der Waals surface area (Å²) in [7, 11) is 0. The molecule has 1 aromatic carbocycles. The van der Waals surface area contributed by atoms with Gasteiger partial charge in [-0.3, -0.25) is 0 Å². The number of hydrogen-bond acceptors (Lipinski definition) is 2. The van der Waals surface area contributed by atoms with Crippen LogP contribution in [0.25, 0.3) is 10.1 Å². The average Bonchev–Trinajstić information content (AvgIpc) is 2.52. The fourth-order valence-electron chi connectivity index (χ4n) is 1.90. The van der Waals surface area contributed by atoms with Gasteiger partial charge in [0, 0.05) is 21.7 Å². The number of aryl methyl sites for hydroxylation is 2. The van der Waals surface area contributed by atoms with E-state index in [1.807, 2.05) is 11.3 Å². The van der Waals surface area contributed by atoms with Gasteiger partial charge in [-0.25, -0.2) is 0 Å². The van der Waals surface area contributed by atoms with Crippen LogP contribution < -0.4 is 5.32 Å². The number of benzene rings is 1. The number of rotatable bonds is 2. The molecule has 0 aliphatic carbocycles. The lowest BCUT2D eigenvalue weighted by Gasteiger charge is -2.20. The van der Waals surface area contributed by atoms with Crippen LogP contribution in [0.5, 0.6) is 0 Å². The number of fused-ring (bicyclic) bond motifs is 1. The molecule has 0 aliphatic rings. The van der Waals surface area contributed by atoms with E-state index in [1.54, 1.807) is 0 Å². The van der Waals surface area contributed by atoms with Crippen molar-refractivity contribution in [1.82, 2.24) is 5.32 Å². The SMILES string of the molecule is Cc1ccc2sc(CNC(C)(C)C)c(C)c2c1. The molecule has 17 heavy (non-hydrogen) atoms. The van der Waals surface area contributed by atoms with Crippen LogP contribution in [0.3, 0.4) is 0 Å². The first-order valence-corrected chi connectivity index (χ1v) is 6.92. The molecule has 0 amide bonds. The minimum Gasteiger partial charge on any atom is -0.307 e. The van der Waals surface area contributed by atoms with Crippen molar-refractivity contribution in [3.63, 3.8) is 0 Å². The summed E-state index contributed by atoms with van der Waals surface area (Å²) < 4.78 is 1.40. The van der Waals surface area contributed by atoms with Crippen LogP contribution in [-0.2, 0) is 6.54 Å². The second-order valence-electron chi connectivity index (χ2n) is 5.75. The lowest BCUT2D eigenvalue weighted by molar-refractivity contribution is 0.426. The zero-order valence-electron chi connectivity index (χ0n) is 11.3. The summed E-state index contributed by atoms with van der Waals surface area (Å²) in [5.41, 5.74) is 2.96. The zero-order valence-corrected chi connectivity index (χ0v) is 12.2. The number of thiophene rings is 1. The molecular formula is C15H21NS. The summed E-state index contributed by atoms with van der Waals surface area (Å²) in [6.45, 7) is 12.0. The maximum absolute atomic E-state index is 3.56. The smallest absolute Gasteiger partial charge is 0.0349 e. The summed E-state index contributed by atoms with van der Waals surface area (Å²) in [6.07, 6.45) is 0. The quantitative estimate of drug-likeness (QED) is 0.829. The van der Waals surface area contributed by atoms with Gasteiger partial charge in [0.1, 0.15) is 0 Å². The summed E-state index contributed by atoms with van der Waals surface area (Å²) in [6, 6.07) is 6.73. The van der Waals surface area contributed by atoms with Gasteiger partial charge in [-0.05, 0) is 51.6 Å². The van der Waals surface area contributed by atoms with Crippen molar-refractivity contribution in [2.45, 2.75) is 46.7 Å². The minimum atomic E-state index is 0.179. The Bertz CT molecular complexity index is 532. The van der Waals surface area contributed by atoms with Gasteiger partial charge < -0.3 is 5.32 Å². The molecule has 0 spiro atoms. The van der Waals surface area contributed by atoms with Crippen molar-refractivity contribution >= 4 is 21.4 Å². The normalized spacial score (nSPS) is 12.3. The summed E-state index contributed by atoms with van der Waals surface area (Å²) >= 11 is 1.91. The highest BCUT2D eigenvalue weighted by Crippen LogP contribution is 2.31. The van der Waals surface area contributed by atoms with Gasteiger partial charge in [0.15, 0.2) is 0 Å². The molecule has 0 bridgehead atoms. The second kappa shape index (κ2) is 4.43. The Hall–Kier alpha value is -0.860. The molecule has 0 aliphatic heterocycles. The molecular weight excluding hydrogens is 226 g/mol. The fraction of sp³-hybridized carbons (Fsp3) is 0.467. The molecule has 0 atom stereocenters. The Kier molecular flexibility index (Phi) is 3.28. The van der Waals surface area contributed by atoms with Crippen molar-refractivity contribution in [3.05, 3.63) is 34.2 Å². The molecule has 1 N–H and O–H groups in total. The molecule has 92 valence electrons. The molecule has 2 aromatic rings. The Balaban J connectivity index is 2.33. The lowest BCUT2D eigenvalue weighted by atomic mass is 10.1. The minimum absolute atomic E-state index is 0.179. The largest absolute Gasteiger partial charge is 0.307 e. The van der Waals surface area contributed by atoms with E-state index in [0.29, 0.717) is 0 Å². The van der Waals surface area contributed by atoms with Crippen LogP contribution in [-0.4, -0.2) is 5.54 Å². The lowest BCUT2D eigenvalue weighted by Crippen LogP contribution is -2.34. The van der Waals surface area contributed by atoms with E-state index in [1.165, 1.54) is 26.1 Å². The molecule has 1 heterocycles. The van der Waals surface area contributed by atoms with Crippen LogP contribution in [0.2, 0.25) is 0 Å². The third kappa shape index (κ3) is 2.88. The molecule has 1 aromatic heterocycles. The average molecular weight is 247 g/mol. The maximum atomic E-state index is 3.56. The Morgan fingerprint density at radius 2 is 1.88 bits per heavy atom. The summed E-state index contributed by atoms with van der Waals surface area (Å²) in [5, 5.41) is 4.98. The van der Waals surface area contributed by atoms with Crippen LogP contribution in [0.1, 0.15) is 36.8 Å². The topological polar surface area (TPSA) is 12.0 Å². The fourth-order valence-corrected chi connectivity index (χ4v) is 3.03. The van der Waals surface area contributed by atoms with Crippen LogP contribution in [0.4, 0.5) is 0 Å². The molecule has 0 unspecified atom stereocenters. The standard InChI is InChI=1S/C15H21NS/c1-10-6-7-13-12(8-10)11(2)14(17-13)9-16-15(3,4)5/h6-8,16H,9H2,1-5H3. The number of hydrogen-bond donors (Lipinski definition) is 1. The molecule has 0 radical (unpaired) electrons. The van der Waals surface area contributed by atoms with Crippen LogP contribution in [0, 0.1) is 13.8 Å². The van der Waals surface area contributed by atoms with Crippen LogP contribution in [0.15, 0.2) is 18.2 Å². The van der Waals surface area contributed by atoms with E-state index < -0.39 is 0 Å². The maximum Gasteiger partial charge on any atom is 0.0349 e.